The van der Waals surface area contributed by atoms with E-state index in [1.807, 2.05) is 0 Å². The molecule has 0 aromatic heterocycles. The van der Waals surface area contributed by atoms with E-state index < -0.39 is 0 Å². The fourth-order valence-electron chi connectivity index (χ4n) is 1.60. The van der Waals surface area contributed by atoms with Crippen LogP contribution in [0.5, 0.6) is 0 Å². The van der Waals surface area contributed by atoms with Gasteiger partial charge in [-0.05, 0) is 26.9 Å². The van der Waals surface area contributed by atoms with E-state index in [0.29, 0.717) is 0 Å². The van der Waals surface area contributed by atoms with Crippen LogP contribution in [-0.2, 0) is 0 Å². The highest BCUT2D eigenvalue weighted by Crippen LogP contribution is 2.20. The predicted molar refractivity (Wildman–Crippen MR) is 56.0 cm³/mol. The molecule has 0 aromatic carbocycles. The second kappa shape index (κ2) is 5.35. The summed E-state index contributed by atoms with van der Waals surface area (Å²) < 4.78 is 0. The van der Waals surface area contributed by atoms with E-state index in [4.69, 9.17) is 0 Å². The van der Waals surface area contributed by atoms with Crippen molar-refractivity contribution in [2.24, 2.45) is 0 Å². The zero-order valence-corrected chi connectivity index (χ0v) is 9.30. The Bertz CT molecular complexity index is 77.3. The maximum absolute atomic E-state index is 2.36. The van der Waals surface area contributed by atoms with Crippen LogP contribution in [0.4, 0.5) is 0 Å². The first-order chi connectivity index (χ1) is 4.30. The highest BCUT2D eigenvalue weighted by atomic mass is 127. The van der Waals surface area contributed by atoms with Crippen molar-refractivity contribution < 1.29 is 0 Å². The van der Waals surface area contributed by atoms with Crippen LogP contribution in [0, 0.1) is 0 Å². The first kappa shape index (κ1) is 10.7. The molecular formula is C8H18IN. The minimum Gasteiger partial charge on any atom is -0.306 e. The highest BCUT2D eigenvalue weighted by molar-refractivity contribution is 14.0. The Hall–Kier alpha value is 0.690. The van der Waals surface area contributed by atoms with Crippen molar-refractivity contribution in [3.05, 3.63) is 0 Å². The molecule has 1 saturated carbocycles. The van der Waals surface area contributed by atoms with Gasteiger partial charge in [0.1, 0.15) is 0 Å². The Morgan fingerprint density at radius 1 is 1.00 bits per heavy atom. The van der Waals surface area contributed by atoms with Crippen LogP contribution in [0.15, 0.2) is 0 Å². The highest BCUT2D eigenvalue weighted by Gasteiger charge is 2.13. The van der Waals surface area contributed by atoms with Gasteiger partial charge in [0.15, 0.2) is 0 Å². The molecule has 0 N–H and O–H groups in total. The van der Waals surface area contributed by atoms with Crippen molar-refractivity contribution in [1.82, 2.24) is 4.90 Å². The Balaban J connectivity index is 0.000000810. The van der Waals surface area contributed by atoms with Gasteiger partial charge in [-0.2, -0.15) is 0 Å². The SMILES string of the molecule is CN(C)C1CCCCC1.I. The van der Waals surface area contributed by atoms with Crippen LogP contribution in [0.1, 0.15) is 32.1 Å². The maximum Gasteiger partial charge on any atom is 0.00891 e. The molecule has 0 radical (unpaired) electrons. The lowest BCUT2D eigenvalue weighted by molar-refractivity contribution is 0.229. The molecule has 0 atom stereocenters. The van der Waals surface area contributed by atoms with Crippen molar-refractivity contribution in [1.29, 1.82) is 0 Å². The van der Waals surface area contributed by atoms with Crippen LogP contribution in [0.2, 0.25) is 0 Å². The molecule has 62 valence electrons. The lowest BCUT2D eigenvalue weighted by atomic mass is 9.95. The summed E-state index contributed by atoms with van der Waals surface area (Å²) >= 11 is 0. The topological polar surface area (TPSA) is 3.24 Å². The van der Waals surface area contributed by atoms with Crippen LogP contribution in [-0.4, -0.2) is 25.0 Å². The zero-order valence-electron chi connectivity index (χ0n) is 6.97. The lowest BCUT2D eigenvalue weighted by Gasteiger charge is -2.27. The second-order valence-electron chi connectivity index (χ2n) is 3.26. The molecule has 1 fully saturated rings. The molecular weight excluding hydrogens is 237 g/mol. The van der Waals surface area contributed by atoms with Crippen molar-refractivity contribution in [3.63, 3.8) is 0 Å². The monoisotopic (exact) mass is 255 g/mol. The van der Waals surface area contributed by atoms with Crippen molar-refractivity contribution in [3.8, 4) is 0 Å². The smallest absolute Gasteiger partial charge is 0.00891 e. The van der Waals surface area contributed by atoms with Gasteiger partial charge in [0.2, 0.25) is 0 Å². The first-order valence-corrected chi connectivity index (χ1v) is 3.97. The standard InChI is InChI=1S/C8H17N.HI/c1-9(2)8-6-4-3-5-7-8;/h8H,3-7H2,1-2H3;1H. The van der Waals surface area contributed by atoms with Gasteiger partial charge in [-0.3, -0.25) is 0 Å². The van der Waals surface area contributed by atoms with Crippen LogP contribution < -0.4 is 0 Å². The summed E-state index contributed by atoms with van der Waals surface area (Å²) in [5.41, 5.74) is 0. The number of hydrogen-bond donors (Lipinski definition) is 0. The van der Waals surface area contributed by atoms with Gasteiger partial charge in [0.25, 0.3) is 0 Å². The molecule has 0 spiro atoms. The lowest BCUT2D eigenvalue weighted by Crippen LogP contribution is -2.29. The summed E-state index contributed by atoms with van der Waals surface area (Å²) in [4.78, 5) is 2.36. The third-order valence-corrected chi connectivity index (χ3v) is 2.30. The molecule has 0 bridgehead atoms. The Morgan fingerprint density at radius 3 is 1.80 bits per heavy atom. The summed E-state index contributed by atoms with van der Waals surface area (Å²) in [7, 11) is 4.38. The molecule has 0 amide bonds. The molecule has 1 rings (SSSR count). The summed E-state index contributed by atoms with van der Waals surface area (Å²) in [6, 6.07) is 0.888. The molecule has 0 saturated heterocycles. The first-order valence-electron chi connectivity index (χ1n) is 3.97. The molecule has 0 aliphatic heterocycles. The average molecular weight is 255 g/mol. The summed E-state index contributed by atoms with van der Waals surface area (Å²) in [6.07, 6.45) is 7.20. The van der Waals surface area contributed by atoms with Gasteiger partial charge in [-0.15, -0.1) is 24.0 Å². The van der Waals surface area contributed by atoms with Crippen molar-refractivity contribution in [2.75, 3.05) is 14.1 Å². The third kappa shape index (κ3) is 3.19. The summed E-state index contributed by atoms with van der Waals surface area (Å²) in [6.45, 7) is 0. The van der Waals surface area contributed by atoms with Gasteiger partial charge in [0.05, 0.1) is 0 Å². The Morgan fingerprint density at radius 2 is 1.50 bits per heavy atom. The van der Waals surface area contributed by atoms with Gasteiger partial charge in [-0.1, -0.05) is 19.3 Å². The van der Waals surface area contributed by atoms with Gasteiger partial charge >= 0.3 is 0 Å². The van der Waals surface area contributed by atoms with Crippen molar-refractivity contribution >= 4 is 24.0 Å². The van der Waals surface area contributed by atoms with E-state index in [2.05, 4.69) is 19.0 Å². The largest absolute Gasteiger partial charge is 0.306 e. The fraction of sp³-hybridized carbons (Fsp3) is 1.00. The predicted octanol–water partition coefficient (Wildman–Crippen LogP) is 2.50. The summed E-state index contributed by atoms with van der Waals surface area (Å²) in [5, 5.41) is 0. The number of halogens is 1. The van der Waals surface area contributed by atoms with E-state index in [9.17, 15) is 0 Å². The molecule has 10 heavy (non-hydrogen) atoms. The summed E-state index contributed by atoms with van der Waals surface area (Å²) in [5.74, 6) is 0. The van der Waals surface area contributed by atoms with Gasteiger partial charge in [0, 0.05) is 6.04 Å². The van der Waals surface area contributed by atoms with Gasteiger partial charge in [-0.25, -0.2) is 0 Å². The third-order valence-electron chi connectivity index (χ3n) is 2.30. The van der Waals surface area contributed by atoms with Crippen LogP contribution in [0.25, 0.3) is 0 Å². The molecule has 0 heterocycles. The van der Waals surface area contributed by atoms with Crippen LogP contribution >= 0.6 is 24.0 Å². The number of nitrogens with zero attached hydrogens (tertiary/aromatic N) is 1. The van der Waals surface area contributed by atoms with E-state index in [-0.39, 0.29) is 24.0 Å². The molecule has 2 heteroatoms. The zero-order chi connectivity index (χ0) is 6.69. The molecule has 1 nitrogen and oxygen atoms in total. The van der Waals surface area contributed by atoms with E-state index in [1.165, 1.54) is 32.1 Å². The molecule has 1 aliphatic carbocycles. The fourth-order valence-corrected chi connectivity index (χ4v) is 1.60. The number of hydrogen-bond acceptors (Lipinski definition) is 1. The van der Waals surface area contributed by atoms with E-state index >= 15 is 0 Å². The molecule has 0 unspecified atom stereocenters. The van der Waals surface area contributed by atoms with E-state index in [1.54, 1.807) is 0 Å². The number of rotatable bonds is 1. The Kier molecular flexibility index (Phi) is 5.72. The van der Waals surface area contributed by atoms with E-state index in [0.717, 1.165) is 6.04 Å². The Labute approximate surface area is 81.2 Å². The average Bonchev–Trinajstić information content (AvgIpc) is 1.90. The molecule has 0 aromatic rings. The quantitative estimate of drug-likeness (QED) is 0.651. The minimum atomic E-state index is 0. The minimum absolute atomic E-state index is 0. The van der Waals surface area contributed by atoms with Gasteiger partial charge < -0.3 is 4.90 Å². The normalized spacial score (nSPS) is 20.7. The molecule has 1 aliphatic rings. The van der Waals surface area contributed by atoms with Crippen molar-refractivity contribution in [2.45, 2.75) is 38.1 Å². The maximum atomic E-state index is 2.36. The van der Waals surface area contributed by atoms with Crippen LogP contribution in [0.3, 0.4) is 0 Å². The second-order valence-corrected chi connectivity index (χ2v) is 3.26.